The van der Waals surface area contributed by atoms with Crippen LogP contribution < -0.4 is 5.32 Å². The zero-order valence-corrected chi connectivity index (χ0v) is 18.3. The summed E-state index contributed by atoms with van der Waals surface area (Å²) in [6, 6.07) is 6.02. The van der Waals surface area contributed by atoms with Crippen molar-refractivity contribution in [2.45, 2.75) is 62.4 Å². The van der Waals surface area contributed by atoms with E-state index in [-0.39, 0.29) is 27.6 Å². The summed E-state index contributed by atoms with van der Waals surface area (Å²) in [7, 11) is -3.00. The zero-order chi connectivity index (χ0) is 22.8. The van der Waals surface area contributed by atoms with Crippen molar-refractivity contribution in [1.82, 2.24) is 4.98 Å². The Kier molecular flexibility index (Phi) is 6.73. The lowest BCUT2D eigenvalue weighted by Gasteiger charge is -2.21. The van der Waals surface area contributed by atoms with E-state index in [0.29, 0.717) is 5.69 Å². The average Bonchev–Trinajstić information content (AvgIpc) is 2.95. The van der Waals surface area contributed by atoms with Crippen molar-refractivity contribution in [2.75, 3.05) is 11.6 Å². The minimum atomic E-state index is -4.62. The monoisotopic (exact) mass is 453 g/mol. The van der Waals surface area contributed by atoms with E-state index in [1.54, 1.807) is 12.1 Å². The van der Waals surface area contributed by atoms with E-state index in [4.69, 9.17) is 4.78 Å². The number of hydrogen-bond acceptors (Lipinski definition) is 4. The van der Waals surface area contributed by atoms with Crippen LogP contribution in [0, 0.1) is 11.7 Å². The maximum atomic E-state index is 13.5. The molecule has 1 atom stereocenters. The third kappa shape index (κ3) is 5.44. The van der Waals surface area contributed by atoms with Crippen molar-refractivity contribution in [1.29, 1.82) is 4.78 Å². The third-order valence-corrected chi connectivity index (χ3v) is 6.84. The van der Waals surface area contributed by atoms with Crippen LogP contribution in [-0.2, 0) is 15.9 Å². The molecule has 5 nitrogen and oxygen atoms in total. The van der Waals surface area contributed by atoms with E-state index in [9.17, 15) is 22.2 Å². The highest BCUT2D eigenvalue weighted by Crippen LogP contribution is 2.38. The molecule has 1 amide bonds. The standard InChI is InChI=1S/C22H26F3N3O2S/c1-14-18(22(23,24)25)13-27-20(15-8-5-3-4-6-9-15)19(14)21(29)28-16-10-7-11-17(12-16)31(2,26)30/h7,10-13,15,26H,3-6,8-9H2,1-2H3,(H,28,29). The van der Waals surface area contributed by atoms with Crippen molar-refractivity contribution in [3.05, 3.63) is 52.8 Å². The molecule has 0 bridgehead atoms. The number of nitrogens with zero attached hydrogens (tertiary/aromatic N) is 1. The van der Waals surface area contributed by atoms with Gasteiger partial charge in [-0.1, -0.05) is 31.7 Å². The van der Waals surface area contributed by atoms with E-state index in [0.717, 1.165) is 44.7 Å². The number of pyridine rings is 1. The molecule has 1 saturated carbocycles. The van der Waals surface area contributed by atoms with Gasteiger partial charge in [0.1, 0.15) is 0 Å². The Morgan fingerprint density at radius 3 is 2.42 bits per heavy atom. The SMILES string of the molecule is Cc1c(C(F)(F)F)cnc(C2CCCCCC2)c1C(=O)Nc1cccc(S(C)(=N)=O)c1. The number of rotatable bonds is 4. The Bertz CT molecular complexity index is 1070. The number of benzene rings is 1. The molecule has 1 aliphatic carbocycles. The normalized spacial score (nSPS) is 17.6. The molecule has 1 aliphatic rings. The lowest BCUT2D eigenvalue weighted by atomic mass is 9.89. The van der Waals surface area contributed by atoms with Crippen LogP contribution >= 0.6 is 0 Å². The Balaban J connectivity index is 2.05. The maximum absolute atomic E-state index is 13.5. The van der Waals surface area contributed by atoms with Gasteiger partial charge in [0, 0.05) is 29.0 Å². The van der Waals surface area contributed by atoms with Crippen LogP contribution in [0.1, 0.15) is 71.6 Å². The Morgan fingerprint density at radius 2 is 1.84 bits per heavy atom. The topological polar surface area (TPSA) is 82.9 Å². The lowest BCUT2D eigenvalue weighted by Crippen LogP contribution is -2.22. The molecule has 168 valence electrons. The third-order valence-electron chi connectivity index (χ3n) is 5.68. The van der Waals surface area contributed by atoms with Gasteiger partial charge in [0.15, 0.2) is 0 Å². The molecule has 1 aromatic carbocycles. The van der Waals surface area contributed by atoms with Gasteiger partial charge in [0.25, 0.3) is 5.91 Å². The first kappa shape index (κ1) is 23.2. The fourth-order valence-electron chi connectivity index (χ4n) is 4.07. The smallest absolute Gasteiger partial charge is 0.322 e. The van der Waals surface area contributed by atoms with Gasteiger partial charge < -0.3 is 5.32 Å². The molecule has 0 spiro atoms. The Morgan fingerprint density at radius 1 is 1.19 bits per heavy atom. The molecule has 0 saturated heterocycles. The number of nitrogens with one attached hydrogen (secondary N) is 2. The molecule has 1 unspecified atom stereocenters. The van der Waals surface area contributed by atoms with Crippen LogP contribution in [0.3, 0.4) is 0 Å². The first-order valence-electron chi connectivity index (χ1n) is 10.2. The van der Waals surface area contributed by atoms with Gasteiger partial charge in [-0.05, 0) is 43.5 Å². The van der Waals surface area contributed by atoms with Crippen LogP contribution in [0.25, 0.3) is 0 Å². The fourth-order valence-corrected chi connectivity index (χ4v) is 4.76. The van der Waals surface area contributed by atoms with Gasteiger partial charge in [-0.2, -0.15) is 13.2 Å². The van der Waals surface area contributed by atoms with Crippen LogP contribution in [0.4, 0.5) is 18.9 Å². The summed E-state index contributed by atoms with van der Waals surface area (Å²) in [5, 5.41) is 2.63. The summed E-state index contributed by atoms with van der Waals surface area (Å²) in [4.78, 5) is 17.6. The fraction of sp³-hybridized carbons (Fsp3) is 0.455. The lowest BCUT2D eigenvalue weighted by molar-refractivity contribution is -0.138. The number of anilines is 1. The van der Waals surface area contributed by atoms with E-state index < -0.39 is 27.4 Å². The van der Waals surface area contributed by atoms with E-state index in [2.05, 4.69) is 10.3 Å². The Hall–Kier alpha value is -2.42. The summed E-state index contributed by atoms with van der Waals surface area (Å²) < 4.78 is 60.3. The van der Waals surface area contributed by atoms with E-state index >= 15 is 0 Å². The van der Waals surface area contributed by atoms with Gasteiger partial charge in [-0.3, -0.25) is 9.78 Å². The molecule has 9 heteroatoms. The minimum Gasteiger partial charge on any atom is -0.322 e. The van der Waals surface area contributed by atoms with Gasteiger partial charge in [0.05, 0.1) is 26.5 Å². The number of alkyl halides is 3. The van der Waals surface area contributed by atoms with Crippen molar-refractivity contribution < 1.29 is 22.2 Å². The molecule has 0 radical (unpaired) electrons. The molecule has 0 aliphatic heterocycles. The highest BCUT2D eigenvalue weighted by Gasteiger charge is 2.36. The average molecular weight is 454 g/mol. The largest absolute Gasteiger partial charge is 0.418 e. The molecule has 1 heterocycles. The molecule has 3 rings (SSSR count). The summed E-state index contributed by atoms with van der Waals surface area (Å²) in [5.74, 6) is -0.752. The summed E-state index contributed by atoms with van der Waals surface area (Å²) in [5.41, 5.74) is -0.439. The first-order valence-corrected chi connectivity index (χ1v) is 12.2. The number of hydrogen-bond donors (Lipinski definition) is 2. The van der Waals surface area contributed by atoms with Gasteiger partial charge >= 0.3 is 6.18 Å². The molecule has 31 heavy (non-hydrogen) atoms. The van der Waals surface area contributed by atoms with Crippen LogP contribution in [0.15, 0.2) is 35.4 Å². The molecule has 1 fully saturated rings. The van der Waals surface area contributed by atoms with Crippen molar-refractivity contribution in [3.8, 4) is 0 Å². The minimum absolute atomic E-state index is 0.0461. The van der Waals surface area contributed by atoms with Crippen LogP contribution in [0.5, 0.6) is 0 Å². The Labute approximate surface area is 180 Å². The van der Waals surface area contributed by atoms with Crippen molar-refractivity contribution in [2.24, 2.45) is 0 Å². The van der Waals surface area contributed by atoms with Crippen LogP contribution in [-0.4, -0.2) is 21.4 Å². The van der Waals surface area contributed by atoms with Crippen LogP contribution in [0.2, 0.25) is 0 Å². The van der Waals surface area contributed by atoms with E-state index in [1.165, 1.54) is 25.3 Å². The quantitative estimate of drug-likeness (QED) is 0.546. The predicted octanol–water partition coefficient (Wildman–Crippen LogP) is 6.13. The second kappa shape index (κ2) is 8.98. The van der Waals surface area contributed by atoms with Gasteiger partial charge in [-0.25, -0.2) is 8.99 Å². The summed E-state index contributed by atoms with van der Waals surface area (Å²) in [6.45, 7) is 1.30. The highest BCUT2D eigenvalue weighted by molar-refractivity contribution is 7.91. The number of carbonyl (C=O) groups is 1. The van der Waals surface area contributed by atoms with Gasteiger partial charge in [-0.15, -0.1) is 0 Å². The van der Waals surface area contributed by atoms with Gasteiger partial charge in [0.2, 0.25) is 0 Å². The predicted molar refractivity (Wildman–Crippen MR) is 114 cm³/mol. The molecule has 1 aromatic heterocycles. The molecule has 2 N–H and O–H groups in total. The van der Waals surface area contributed by atoms with Crippen molar-refractivity contribution >= 4 is 21.3 Å². The summed E-state index contributed by atoms with van der Waals surface area (Å²) >= 11 is 0. The first-order chi connectivity index (χ1) is 14.5. The maximum Gasteiger partial charge on any atom is 0.418 e. The number of amides is 1. The number of carbonyl (C=O) groups excluding carboxylic acids is 1. The summed E-state index contributed by atoms with van der Waals surface area (Å²) in [6.07, 6.45) is 3.06. The van der Waals surface area contributed by atoms with Crippen molar-refractivity contribution in [3.63, 3.8) is 0 Å². The zero-order valence-electron chi connectivity index (χ0n) is 17.5. The molecule has 2 aromatic rings. The molecular weight excluding hydrogens is 427 g/mol. The number of aromatic nitrogens is 1. The second-order valence-corrected chi connectivity index (χ2v) is 10.2. The number of halogens is 3. The molecular formula is C22H26F3N3O2S. The highest BCUT2D eigenvalue weighted by atomic mass is 32.2. The van der Waals surface area contributed by atoms with E-state index in [1.807, 2.05) is 0 Å². The second-order valence-electron chi connectivity index (χ2n) is 8.07.